The number of ether oxygens (including phenoxy) is 2. The summed E-state index contributed by atoms with van der Waals surface area (Å²) in [6, 6.07) is 14.6. The van der Waals surface area contributed by atoms with Crippen molar-refractivity contribution in [1.82, 2.24) is 10.3 Å². The molecular formula is C21H24N4O3S. The molecule has 1 aliphatic heterocycles. The number of nitrogens with two attached hydrogens (primary N) is 1. The van der Waals surface area contributed by atoms with E-state index in [0.29, 0.717) is 22.9 Å². The number of nitrogens with zero attached hydrogens (tertiary/aromatic N) is 2. The monoisotopic (exact) mass is 412 g/mol. The van der Waals surface area contributed by atoms with E-state index in [1.807, 2.05) is 18.2 Å². The predicted molar refractivity (Wildman–Crippen MR) is 114 cm³/mol. The normalized spacial score (nSPS) is 18.3. The molecule has 3 N–H and O–H groups in total. The van der Waals surface area contributed by atoms with Crippen molar-refractivity contribution in [3.63, 3.8) is 0 Å². The van der Waals surface area contributed by atoms with Crippen LogP contribution in [0.3, 0.4) is 0 Å². The van der Waals surface area contributed by atoms with Crippen LogP contribution in [0.15, 0.2) is 64.0 Å². The molecule has 3 aromatic rings. The van der Waals surface area contributed by atoms with Crippen LogP contribution >= 0.6 is 0 Å². The van der Waals surface area contributed by atoms with Gasteiger partial charge in [-0.3, -0.25) is 4.98 Å². The second kappa shape index (κ2) is 8.36. The van der Waals surface area contributed by atoms with Gasteiger partial charge in [-0.15, -0.1) is 0 Å². The van der Waals surface area contributed by atoms with Crippen LogP contribution in [0.5, 0.6) is 17.2 Å². The first-order valence-corrected chi connectivity index (χ1v) is 11.1. The summed E-state index contributed by atoms with van der Waals surface area (Å²) < 4.78 is 28.3. The average molecular weight is 413 g/mol. The first-order valence-electron chi connectivity index (χ1n) is 9.50. The van der Waals surface area contributed by atoms with Crippen molar-refractivity contribution in [3.05, 3.63) is 54.7 Å². The minimum Gasteiger partial charge on any atom is -0.497 e. The van der Waals surface area contributed by atoms with Crippen molar-refractivity contribution in [2.24, 2.45) is 9.50 Å². The summed E-state index contributed by atoms with van der Waals surface area (Å²) in [6.45, 7) is 1.44. The molecule has 152 valence electrons. The molecule has 0 radical (unpaired) electrons. The number of pyridine rings is 1. The van der Waals surface area contributed by atoms with Crippen LogP contribution in [-0.2, 0) is 9.92 Å². The summed E-state index contributed by atoms with van der Waals surface area (Å²) in [5.74, 6) is 2.03. The fraction of sp³-hybridized carbons (Fsp3) is 0.286. The van der Waals surface area contributed by atoms with Gasteiger partial charge in [0.2, 0.25) is 0 Å². The number of methoxy groups -OCH3 is 1. The molecule has 0 spiro atoms. The van der Waals surface area contributed by atoms with E-state index < -0.39 is 9.92 Å². The van der Waals surface area contributed by atoms with E-state index in [1.54, 1.807) is 43.6 Å². The van der Waals surface area contributed by atoms with Crippen LogP contribution in [-0.4, -0.2) is 35.4 Å². The molecule has 7 nitrogen and oxygen atoms in total. The Hall–Kier alpha value is -2.68. The van der Waals surface area contributed by atoms with E-state index in [0.717, 1.165) is 36.0 Å². The van der Waals surface area contributed by atoms with Gasteiger partial charge in [0, 0.05) is 23.7 Å². The molecule has 8 heteroatoms. The first-order chi connectivity index (χ1) is 14.0. The summed E-state index contributed by atoms with van der Waals surface area (Å²) in [5, 5.41) is 10.2. The van der Waals surface area contributed by atoms with Gasteiger partial charge in [-0.05, 0) is 61.9 Å². The van der Waals surface area contributed by atoms with Gasteiger partial charge in [-0.2, -0.15) is 0 Å². The molecule has 0 bridgehead atoms. The lowest BCUT2D eigenvalue weighted by atomic mass is 10.2. The smallest absolute Gasteiger partial charge is 0.138 e. The van der Waals surface area contributed by atoms with Crippen molar-refractivity contribution >= 4 is 20.8 Å². The third-order valence-corrected chi connectivity index (χ3v) is 6.43. The number of aromatic nitrogens is 1. The number of rotatable bonds is 6. The molecule has 29 heavy (non-hydrogen) atoms. The molecule has 0 amide bonds. The molecule has 1 saturated heterocycles. The maximum atomic E-state index is 12.8. The molecule has 1 aromatic heterocycles. The van der Waals surface area contributed by atoms with E-state index >= 15 is 0 Å². The molecule has 1 aliphatic rings. The van der Waals surface area contributed by atoms with Gasteiger partial charge in [-0.25, -0.2) is 13.7 Å². The molecule has 2 unspecified atom stereocenters. The fourth-order valence-electron chi connectivity index (χ4n) is 3.34. The number of hydrogen-bond donors (Lipinski definition) is 2. The highest BCUT2D eigenvalue weighted by Gasteiger charge is 2.15. The largest absolute Gasteiger partial charge is 0.497 e. The maximum Gasteiger partial charge on any atom is 0.138 e. The third-order valence-electron chi connectivity index (χ3n) is 4.95. The lowest BCUT2D eigenvalue weighted by Gasteiger charge is -2.11. The standard InChI is InChI=1S/C21H24N4O3S/c1-27-17-6-9-19-20(13-17)24-12-10-21(19)28-16-4-7-18(8-5-16)29(22,26)25-14-15-3-2-11-23-15/h4-10,12-13,15,23H,2-3,11,14H2,1H3,(H2,22,25,26). The molecule has 0 saturated carbocycles. The van der Waals surface area contributed by atoms with Crippen LogP contribution < -0.4 is 19.9 Å². The summed E-state index contributed by atoms with van der Waals surface area (Å²) in [4.78, 5) is 4.85. The highest BCUT2D eigenvalue weighted by atomic mass is 32.2. The van der Waals surface area contributed by atoms with E-state index in [4.69, 9.17) is 14.6 Å². The molecule has 0 aliphatic carbocycles. The van der Waals surface area contributed by atoms with Gasteiger partial charge in [0.25, 0.3) is 0 Å². The topological polar surface area (TPSA) is 98.8 Å². The highest BCUT2D eigenvalue weighted by Crippen LogP contribution is 2.31. The Bertz CT molecular complexity index is 1120. The summed E-state index contributed by atoms with van der Waals surface area (Å²) in [6.07, 6.45) is 3.85. The van der Waals surface area contributed by atoms with Crippen LogP contribution in [0.25, 0.3) is 10.9 Å². The lowest BCUT2D eigenvalue weighted by Crippen LogP contribution is -2.26. The average Bonchev–Trinajstić information content (AvgIpc) is 3.26. The number of fused-ring (bicyclic) bond motifs is 1. The predicted octanol–water partition coefficient (Wildman–Crippen LogP) is 3.49. The number of nitrogens with one attached hydrogen (secondary N) is 1. The SMILES string of the molecule is COc1ccc2c(Oc3ccc(S(N)(=O)=NCC4CCCN4)cc3)ccnc2c1. The van der Waals surface area contributed by atoms with E-state index in [-0.39, 0.29) is 6.04 Å². The van der Waals surface area contributed by atoms with E-state index in [9.17, 15) is 4.21 Å². The van der Waals surface area contributed by atoms with Crippen molar-refractivity contribution < 1.29 is 13.7 Å². The number of benzene rings is 2. The zero-order valence-corrected chi connectivity index (χ0v) is 17.0. The molecular weight excluding hydrogens is 388 g/mol. The Morgan fingerprint density at radius 3 is 2.72 bits per heavy atom. The zero-order chi connectivity index (χ0) is 20.3. The molecule has 2 heterocycles. The molecule has 2 aromatic carbocycles. The first kappa shape index (κ1) is 19.6. The zero-order valence-electron chi connectivity index (χ0n) is 16.2. The second-order valence-electron chi connectivity index (χ2n) is 6.94. The second-order valence-corrected chi connectivity index (χ2v) is 8.81. The summed E-state index contributed by atoms with van der Waals surface area (Å²) in [7, 11) is -1.30. The minimum atomic E-state index is -2.92. The van der Waals surface area contributed by atoms with Gasteiger partial charge in [0.1, 0.15) is 27.2 Å². The fourth-order valence-corrected chi connectivity index (χ4v) is 4.41. The Morgan fingerprint density at radius 1 is 1.21 bits per heavy atom. The van der Waals surface area contributed by atoms with Crippen molar-refractivity contribution in [2.75, 3.05) is 20.2 Å². The minimum absolute atomic E-state index is 0.264. The molecule has 2 atom stereocenters. The summed E-state index contributed by atoms with van der Waals surface area (Å²) >= 11 is 0. The van der Waals surface area contributed by atoms with Crippen LogP contribution in [0.1, 0.15) is 12.8 Å². The van der Waals surface area contributed by atoms with Crippen molar-refractivity contribution in [1.29, 1.82) is 0 Å². The van der Waals surface area contributed by atoms with E-state index in [1.165, 1.54) is 0 Å². The van der Waals surface area contributed by atoms with Gasteiger partial charge in [-0.1, -0.05) is 0 Å². The van der Waals surface area contributed by atoms with Gasteiger partial charge in [0.05, 0.1) is 24.1 Å². The van der Waals surface area contributed by atoms with Gasteiger partial charge < -0.3 is 14.8 Å². The van der Waals surface area contributed by atoms with Gasteiger partial charge in [0.15, 0.2) is 0 Å². The van der Waals surface area contributed by atoms with Crippen molar-refractivity contribution in [2.45, 2.75) is 23.8 Å². The van der Waals surface area contributed by atoms with Gasteiger partial charge >= 0.3 is 0 Å². The van der Waals surface area contributed by atoms with Crippen LogP contribution in [0, 0.1) is 0 Å². The Labute approximate surface area is 170 Å². The van der Waals surface area contributed by atoms with Crippen LogP contribution in [0.4, 0.5) is 0 Å². The quantitative estimate of drug-likeness (QED) is 0.646. The summed E-state index contributed by atoms with van der Waals surface area (Å²) in [5.41, 5.74) is 0.780. The lowest BCUT2D eigenvalue weighted by molar-refractivity contribution is 0.415. The Balaban J connectivity index is 1.53. The highest BCUT2D eigenvalue weighted by molar-refractivity contribution is 7.91. The molecule has 4 rings (SSSR count). The maximum absolute atomic E-state index is 12.8. The van der Waals surface area contributed by atoms with Crippen LogP contribution in [0.2, 0.25) is 0 Å². The molecule has 1 fully saturated rings. The number of hydrogen-bond acceptors (Lipinski definition) is 6. The van der Waals surface area contributed by atoms with E-state index in [2.05, 4.69) is 14.7 Å². The Kier molecular flexibility index (Phi) is 5.66. The van der Waals surface area contributed by atoms with Crippen molar-refractivity contribution in [3.8, 4) is 17.2 Å². The Morgan fingerprint density at radius 2 is 2.00 bits per heavy atom. The third kappa shape index (κ3) is 4.50.